The van der Waals surface area contributed by atoms with Gasteiger partial charge in [0, 0.05) is 43.8 Å². The minimum Gasteiger partial charge on any atom is -0.490 e. The molecular formula is C26H36N2O3. The van der Waals surface area contributed by atoms with E-state index in [9.17, 15) is 5.11 Å². The standard InChI is InChI=1S/C26H36N2O3/c1-26(2,3)28-14-12-27(13-15-28)18-22(29)19-31-24-9-8-20-6-4-5-7-23(20)25(24)21-10-16-30-17-11-21/h4-10,22,29H,11-19H2,1-3H3. The monoisotopic (exact) mass is 424 g/mol. The number of hydrogen-bond donors (Lipinski definition) is 1. The van der Waals surface area contributed by atoms with Crippen LogP contribution in [0.25, 0.3) is 16.3 Å². The van der Waals surface area contributed by atoms with E-state index >= 15 is 0 Å². The molecule has 1 atom stereocenters. The topological polar surface area (TPSA) is 45.2 Å². The molecule has 5 nitrogen and oxygen atoms in total. The Morgan fingerprint density at radius 1 is 1.06 bits per heavy atom. The first-order valence-electron chi connectivity index (χ1n) is 11.5. The van der Waals surface area contributed by atoms with Crippen LogP contribution in [-0.2, 0) is 4.74 Å². The lowest BCUT2D eigenvalue weighted by Crippen LogP contribution is -2.54. The number of fused-ring (bicyclic) bond motifs is 1. The zero-order chi connectivity index (χ0) is 21.8. The fourth-order valence-corrected chi connectivity index (χ4v) is 4.60. The predicted molar refractivity (Wildman–Crippen MR) is 127 cm³/mol. The zero-order valence-corrected chi connectivity index (χ0v) is 19.1. The second-order valence-electron chi connectivity index (χ2n) is 9.64. The van der Waals surface area contributed by atoms with Crippen molar-refractivity contribution in [2.45, 2.75) is 38.8 Å². The van der Waals surface area contributed by atoms with Crippen molar-refractivity contribution in [3.8, 4) is 5.75 Å². The van der Waals surface area contributed by atoms with Gasteiger partial charge in [0.25, 0.3) is 0 Å². The Balaban J connectivity index is 1.41. The number of piperazine rings is 1. The van der Waals surface area contributed by atoms with Crippen LogP contribution in [0, 0.1) is 0 Å². The molecule has 0 spiro atoms. The van der Waals surface area contributed by atoms with Gasteiger partial charge in [-0.1, -0.05) is 36.4 Å². The summed E-state index contributed by atoms with van der Waals surface area (Å²) in [5.41, 5.74) is 2.62. The van der Waals surface area contributed by atoms with Crippen LogP contribution in [0.15, 0.2) is 42.5 Å². The Labute approximate surface area is 186 Å². The summed E-state index contributed by atoms with van der Waals surface area (Å²) in [6.07, 6.45) is 2.53. The lowest BCUT2D eigenvalue weighted by Gasteiger charge is -2.42. The molecule has 0 radical (unpaired) electrons. The first-order valence-corrected chi connectivity index (χ1v) is 11.5. The van der Waals surface area contributed by atoms with Crippen LogP contribution in [0.1, 0.15) is 32.8 Å². The van der Waals surface area contributed by atoms with Crippen LogP contribution in [0.5, 0.6) is 5.75 Å². The van der Waals surface area contributed by atoms with E-state index in [1.54, 1.807) is 0 Å². The average molecular weight is 425 g/mol. The maximum atomic E-state index is 10.7. The number of hydrogen-bond acceptors (Lipinski definition) is 5. The lowest BCUT2D eigenvalue weighted by atomic mass is 9.94. The molecule has 0 saturated carbocycles. The third-order valence-corrected chi connectivity index (χ3v) is 6.40. The molecule has 31 heavy (non-hydrogen) atoms. The van der Waals surface area contributed by atoms with Gasteiger partial charge >= 0.3 is 0 Å². The number of ether oxygens (including phenoxy) is 2. The van der Waals surface area contributed by atoms with E-state index < -0.39 is 6.10 Å². The highest BCUT2D eigenvalue weighted by Crippen LogP contribution is 2.36. The lowest BCUT2D eigenvalue weighted by molar-refractivity contribution is 0.0231. The minimum absolute atomic E-state index is 0.207. The predicted octanol–water partition coefficient (Wildman–Crippen LogP) is 3.80. The van der Waals surface area contributed by atoms with Gasteiger partial charge in [-0.25, -0.2) is 0 Å². The van der Waals surface area contributed by atoms with Crippen LogP contribution < -0.4 is 4.74 Å². The molecule has 0 amide bonds. The van der Waals surface area contributed by atoms with E-state index in [2.05, 4.69) is 67.0 Å². The van der Waals surface area contributed by atoms with Gasteiger partial charge in [-0.15, -0.1) is 0 Å². The number of benzene rings is 2. The summed E-state index contributed by atoms with van der Waals surface area (Å²) in [4.78, 5) is 4.86. The van der Waals surface area contributed by atoms with Gasteiger partial charge in [-0.05, 0) is 49.6 Å². The van der Waals surface area contributed by atoms with E-state index in [0.29, 0.717) is 19.8 Å². The number of rotatable bonds is 6. The molecule has 1 saturated heterocycles. The van der Waals surface area contributed by atoms with E-state index in [4.69, 9.17) is 9.47 Å². The maximum Gasteiger partial charge on any atom is 0.127 e. The summed E-state index contributed by atoms with van der Waals surface area (Å²) < 4.78 is 11.7. The molecule has 168 valence electrons. The molecule has 0 aromatic heterocycles. The third-order valence-electron chi connectivity index (χ3n) is 6.40. The van der Waals surface area contributed by atoms with Crippen LogP contribution in [0.3, 0.4) is 0 Å². The van der Waals surface area contributed by atoms with E-state index in [-0.39, 0.29) is 5.54 Å². The minimum atomic E-state index is -0.510. The van der Waals surface area contributed by atoms with Crippen molar-refractivity contribution in [3.63, 3.8) is 0 Å². The highest BCUT2D eigenvalue weighted by atomic mass is 16.5. The van der Waals surface area contributed by atoms with Crippen molar-refractivity contribution in [2.75, 3.05) is 52.5 Å². The molecule has 2 aromatic carbocycles. The highest BCUT2D eigenvalue weighted by molar-refractivity contribution is 5.96. The largest absolute Gasteiger partial charge is 0.490 e. The molecule has 1 unspecified atom stereocenters. The Hall–Kier alpha value is -1.92. The molecule has 0 bridgehead atoms. The van der Waals surface area contributed by atoms with E-state index in [0.717, 1.165) is 50.5 Å². The van der Waals surface area contributed by atoms with Gasteiger partial charge in [0.1, 0.15) is 18.5 Å². The first kappa shape index (κ1) is 22.3. The summed E-state index contributed by atoms with van der Waals surface area (Å²) in [7, 11) is 0. The van der Waals surface area contributed by atoms with Gasteiger partial charge in [-0.2, -0.15) is 0 Å². The smallest absolute Gasteiger partial charge is 0.127 e. The molecule has 2 aromatic rings. The second-order valence-corrected chi connectivity index (χ2v) is 9.64. The van der Waals surface area contributed by atoms with Crippen LogP contribution in [0.4, 0.5) is 0 Å². The van der Waals surface area contributed by atoms with E-state index in [1.807, 2.05) is 6.07 Å². The molecule has 2 aliphatic rings. The Bertz CT molecular complexity index is 910. The number of nitrogens with zero attached hydrogens (tertiary/aromatic N) is 2. The van der Waals surface area contributed by atoms with E-state index in [1.165, 1.54) is 16.3 Å². The summed E-state index contributed by atoms with van der Waals surface area (Å²) >= 11 is 0. The SMILES string of the molecule is CC(C)(C)N1CCN(CC(O)COc2ccc3ccccc3c2C2=CCOCC2)CC1. The van der Waals surface area contributed by atoms with Crippen molar-refractivity contribution in [3.05, 3.63) is 48.0 Å². The number of aliphatic hydroxyl groups is 1. The molecule has 0 aliphatic carbocycles. The van der Waals surface area contributed by atoms with Gasteiger partial charge in [0.05, 0.1) is 13.2 Å². The van der Waals surface area contributed by atoms with Crippen molar-refractivity contribution in [1.82, 2.24) is 9.80 Å². The average Bonchev–Trinajstić information content (AvgIpc) is 2.77. The fraction of sp³-hybridized carbons (Fsp3) is 0.538. The fourth-order valence-electron chi connectivity index (χ4n) is 4.60. The first-order chi connectivity index (χ1) is 14.9. The zero-order valence-electron chi connectivity index (χ0n) is 19.1. The second kappa shape index (κ2) is 9.70. The number of aliphatic hydroxyl groups excluding tert-OH is 1. The van der Waals surface area contributed by atoms with Crippen LogP contribution in [0.2, 0.25) is 0 Å². The van der Waals surface area contributed by atoms with Crippen molar-refractivity contribution in [2.24, 2.45) is 0 Å². The molecule has 4 rings (SSSR count). The van der Waals surface area contributed by atoms with Gasteiger partial charge in [0.2, 0.25) is 0 Å². The van der Waals surface area contributed by atoms with Crippen LogP contribution >= 0.6 is 0 Å². The summed E-state index contributed by atoms with van der Waals surface area (Å²) in [6.45, 7) is 13.2. The molecule has 1 N–H and O–H groups in total. The highest BCUT2D eigenvalue weighted by Gasteiger charge is 2.26. The summed E-state index contributed by atoms with van der Waals surface area (Å²) in [5, 5.41) is 13.1. The Morgan fingerprint density at radius 3 is 2.55 bits per heavy atom. The van der Waals surface area contributed by atoms with Crippen molar-refractivity contribution < 1.29 is 14.6 Å². The maximum absolute atomic E-state index is 10.7. The van der Waals surface area contributed by atoms with Crippen molar-refractivity contribution >= 4 is 16.3 Å². The quantitative estimate of drug-likeness (QED) is 0.764. The van der Waals surface area contributed by atoms with Gasteiger partial charge in [0.15, 0.2) is 0 Å². The summed E-state index contributed by atoms with van der Waals surface area (Å²) in [5.74, 6) is 0.850. The third kappa shape index (κ3) is 5.47. The molecule has 2 aliphatic heterocycles. The Morgan fingerprint density at radius 2 is 1.84 bits per heavy atom. The van der Waals surface area contributed by atoms with Crippen molar-refractivity contribution in [1.29, 1.82) is 0 Å². The molecule has 5 heteroatoms. The molecule has 2 heterocycles. The summed E-state index contributed by atoms with van der Waals surface area (Å²) in [6, 6.07) is 12.6. The van der Waals surface area contributed by atoms with Crippen LogP contribution in [-0.4, -0.2) is 79.1 Å². The van der Waals surface area contributed by atoms with Gasteiger partial charge < -0.3 is 14.6 Å². The molecule has 1 fully saturated rings. The Kier molecular flexibility index (Phi) is 6.97. The number of β-amino-alcohol motifs (C(OH)–C–C–N with tert-alkyl or cyclic N) is 1. The normalized spacial score (nSPS) is 19.9. The van der Waals surface area contributed by atoms with Gasteiger partial charge in [-0.3, -0.25) is 9.80 Å². The molecular weight excluding hydrogens is 388 g/mol.